The van der Waals surface area contributed by atoms with Crippen molar-refractivity contribution in [1.29, 1.82) is 0 Å². The van der Waals surface area contributed by atoms with E-state index in [1.807, 2.05) is 0 Å². The van der Waals surface area contributed by atoms with E-state index in [1.165, 1.54) is 24.3 Å². The molecule has 0 aromatic heterocycles. The second-order valence-corrected chi connectivity index (χ2v) is 6.65. The fourth-order valence-electron chi connectivity index (χ4n) is 1.44. The third kappa shape index (κ3) is 7.35. The Balaban J connectivity index is 0.00000400. The van der Waals surface area contributed by atoms with Crippen molar-refractivity contribution in [2.75, 3.05) is 19.3 Å². The van der Waals surface area contributed by atoms with E-state index in [9.17, 15) is 22.0 Å². The number of rotatable bonds is 6. The Hall–Kier alpha value is -1.25. The number of carbonyl (C=O) groups is 1. The van der Waals surface area contributed by atoms with Gasteiger partial charge in [0.1, 0.15) is 0 Å². The molecule has 5 nitrogen and oxygen atoms in total. The van der Waals surface area contributed by atoms with E-state index in [2.05, 4.69) is 5.32 Å². The number of nitrogens with two attached hydrogens (primary N) is 1. The van der Waals surface area contributed by atoms with Crippen molar-refractivity contribution in [1.82, 2.24) is 5.32 Å². The molecule has 1 rings (SSSR count). The summed E-state index contributed by atoms with van der Waals surface area (Å²) >= 11 is 0. The molecule has 1 amide bonds. The molecule has 21 heavy (non-hydrogen) atoms. The molecule has 9 heteroatoms. The van der Waals surface area contributed by atoms with Gasteiger partial charge in [0.25, 0.3) is 11.8 Å². The van der Waals surface area contributed by atoms with Crippen LogP contribution in [-0.2, 0) is 15.6 Å². The second-order valence-electron chi connectivity index (χ2n) is 4.51. The smallest absolute Gasteiger partial charge is 0.277 e. The van der Waals surface area contributed by atoms with Crippen LogP contribution in [0.2, 0.25) is 0 Å². The van der Waals surface area contributed by atoms with Crippen molar-refractivity contribution in [2.24, 2.45) is 5.73 Å². The fraction of sp³-hybridized carbons (Fsp3) is 0.417. The first-order valence-corrected chi connectivity index (χ1v) is 7.82. The highest BCUT2D eigenvalue weighted by Gasteiger charge is 2.27. The highest BCUT2D eigenvalue weighted by Crippen LogP contribution is 2.11. The maximum atomic E-state index is 12.9. The van der Waals surface area contributed by atoms with Crippen LogP contribution in [0, 0.1) is 0 Å². The maximum absolute atomic E-state index is 12.9. The molecule has 1 aromatic rings. The summed E-state index contributed by atoms with van der Waals surface area (Å²) in [6.07, 6.45) is 1.10. The van der Waals surface area contributed by atoms with Gasteiger partial charge in [0.15, 0.2) is 9.84 Å². The van der Waals surface area contributed by atoms with E-state index in [1.54, 1.807) is 0 Å². The summed E-state index contributed by atoms with van der Waals surface area (Å²) in [5.41, 5.74) is 5.55. The van der Waals surface area contributed by atoms with Crippen LogP contribution in [0.15, 0.2) is 24.3 Å². The minimum atomic E-state index is -3.16. The number of hydrogen-bond donors (Lipinski definition) is 2. The number of benzene rings is 1. The summed E-state index contributed by atoms with van der Waals surface area (Å²) in [6, 6.07) is 5.71. The lowest BCUT2D eigenvalue weighted by atomic mass is 10.1. The van der Waals surface area contributed by atoms with Crippen LogP contribution < -0.4 is 11.1 Å². The van der Waals surface area contributed by atoms with Gasteiger partial charge >= 0.3 is 0 Å². The Morgan fingerprint density at radius 3 is 2.24 bits per heavy atom. The SMILES string of the molecule is CS(=O)(=O)Cc1ccc(C(=O)NCC(F)(F)CN)cc1.Cl. The zero-order chi connectivity index (χ0) is 15.4. The zero-order valence-electron chi connectivity index (χ0n) is 11.3. The zero-order valence-corrected chi connectivity index (χ0v) is 12.9. The number of sulfone groups is 1. The molecule has 0 heterocycles. The van der Waals surface area contributed by atoms with Crippen LogP contribution in [0.5, 0.6) is 0 Å². The van der Waals surface area contributed by atoms with Crippen molar-refractivity contribution in [3.05, 3.63) is 35.4 Å². The van der Waals surface area contributed by atoms with Gasteiger partial charge in [0.05, 0.1) is 18.8 Å². The standard InChI is InChI=1S/C12H16F2N2O3S.ClH/c1-20(18,19)6-9-2-4-10(5-3-9)11(17)16-8-12(13,14)7-15;/h2-5H,6-8,15H2,1H3,(H,16,17);1H. The largest absolute Gasteiger partial charge is 0.346 e. The molecule has 0 unspecified atom stereocenters. The molecule has 120 valence electrons. The molecule has 0 saturated heterocycles. The molecule has 0 spiro atoms. The Morgan fingerprint density at radius 1 is 1.29 bits per heavy atom. The van der Waals surface area contributed by atoms with Gasteiger partial charge in [0, 0.05) is 11.8 Å². The topological polar surface area (TPSA) is 89.3 Å². The Labute approximate surface area is 128 Å². The molecule has 0 aliphatic heterocycles. The highest BCUT2D eigenvalue weighted by atomic mass is 35.5. The van der Waals surface area contributed by atoms with Gasteiger partial charge in [-0.05, 0) is 17.7 Å². The van der Waals surface area contributed by atoms with Crippen molar-refractivity contribution < 1.29 is 22.0 Å². The number of alkyl halides is 2. The summed E-state index contributed by atoms with van der Waals surface area (Å²) in [5, 5.41) is 2.07. The van der Waals surface area contributed by atoms with Crippen molar-refractivity contribution in [2.45, 2.75) is 11.7 Å². The van der Waals surface area contributed by atoms with Crippen molar-refractivity contribution >= 4 is 28.2 Å². The van der Waals surface area contributed by atoms with Crippen LogP contribution in [0.3, 0.4) is 0 Å². The van der Waals surface area contributed by atoms with Crippen molar-refractivity contribution in [3.63, 3.8) is 0 Å². The molecular weight excluding hydrogens is 326 g/mol. The maximum Gasteiger partial charge on any atom is 0.277 e. The number of halogens is 3. The summed E-state index contributed by atoms with van der Waals surface area (Å²) in [7, 11) is -3.16. The Kier molecular flexibility index (Phi) is 7.21. The Bertz CT molecular complexity index is 577. The predicted molar refractivity (Wildman–Crippen MR) is 78.6 cm³/mol. The van der Waals surface area contributed by atoms with E-state index in [4.69, 9.17) is 5.73 Å². The molecule has 0 bridgehead atoms. The van der Waals surface area contributed by atoms with Crippen LogP contribution in [0.4, 0.5) is 8.78 Å². The lowest BCUT2D eigenvalue weighted by Crippen LogP contribution is -2.41. The third-order valence-corrected chi connectivity index (χ3v) is 3.31. The number of carbonyl (C=O) groups excluding carboxylic acids is 1. The van der Waals surface area contributed by atoms with E-state index in [0.29, 0.717) is 5.56 Å². The third-order valence-electron chi connectivity index (χ3n) is 2.45. The number of nitrogens with one attached hydrogen (secondary N) is 1. The van der Waals surface area contributed by atoms with Crippen LogP contribution >= 0.6 is 12.4 Å². The first-order chi connectivity index (χ1) is 9.13. The highest BCUT2D eigenvalue weighted by molar-refractivity contribution is 7.89. The predicted octanol–water partition coefficient (Wildman–Crippen LogP) is 0.977. The summed E-state index contributed by atoms with van der Waals surface area (Å²) in [6.45, 7) is -1.69. The van der Waals surface area contributed by atoms with Crippen LogP contribution in [0.25, 0.3) is 0 Å². The molecule has 0 aliphatic carbocycles. The van der Waals surface area contributed by atoms with Crippen LogP contribution in [-0.4, -0.2) is 39.6 Å². The lowest BCUT2D eigenvalue weighted by Gasteiger charge is -2.14. The first kappa shape index (κ1) is 19.8. The Morgan fingerprint density at radius 2 is 1.81 bits per heavy atom. The van der Waals surface area contributed by atoms with Crippen molar-refractivity contribution in [3.8, 4) is 0 Å². The summed E-state index contributed by atoms with van der Waals surface area (Å²) in [4.78, 5) is 11.6. The van der Waals surface area contributed by atoms with Gasteiger partial charge in [-0.25, -0.2) is 17.2 Å². The number of amides is 1. The van der Waals surface area contributed by atoms with Gasteiger partial charge < -0.3 is 11.1 Å². The minimum Gasteiger partial charge on any atom is -0.346 e. The monoisotopic (exact) mass is 342 g/mol. The van der Waals surface area contributed by atoms with E-state index < -0.39 is 34.8 Å². The van der Waals surface area contributed by atoms with Crippen LogP contribution in [0.1, 0.15) is 15.9 Å². The molecule has 0 atom stereocenters. The quantitative estimate of drug-likeness (QED) is 0.806. The lowest BCUT2D eigenvalue weighted by molar-refractivity contribution is 0.0118. The molecule has 1 aromatic carbocycles. The molecule has 0 aliphatic rings. The van der Waals surface area contributed by atoms with E-state index >= 15 is 0 Å². The average molecular weight is 343 g/mol. The van der Waals surface area contributed by atoms with E-state index in [0.717, 1.165) is 6.26 Å². The number of hydrogen-bond acceptors (Lipinski definition) is 4. The molecule has 0 fully saturated rings. The first-order valence-electron chi connectivity index (χ1n) is 5.76. The molecular formula is C12H17ClF2N2O3S. The van der Waals surface area contributed by atoms with Gasteiger partial charge in [-0.1, -0.05) is 12.1 Å². The second kappa shape index (κ2) is 7.67. The average Bonchev–Trinajstić information content (AvgIpc) is 2.35. The molecule has 3 N–H and O–H groups in total. The van der Waals surface area contributed by atoms with Gasteiger partial charge in [0.2, 0.25) is 0 Å². The molecule has 0 saturated carbocycles. The van der Waals surface area contributed by atoms with Gasteiger partial charge in [-0.15, -0.1) is 12.4 Å². The minimum absolute atomic E-state index is 0. The summed E-state index contributed by atoms with van der Waals surface area (Å²) in [5.74, 6) is -3.95. The summed E-state index contributed by atoms with van der Waals surface area (Å²) < 4.78 is 47.9. The van der Waals surface area contributed by atoms with Gasteiger partial charge in [-0.2, -0.15) is 0 Å². The fourth-order valence-corrected chi connectivity index (χ4v) is 2.24. The molecule has 0 radical (unpaired) electrons. The van der Waals surface area contributed by atoms with Gasteiger partial charge in [-0.3, -0.25) is 4.79 Å². The normalized spacial score (nSPS) is 11.6. The van der Waals surface area contributed by atoms with E-state index in [-0.39, 0.29) is 23.7 Å².